The third kappa shape index (κ3) is 4.03. The fourth-order valence-corrected chi connectivity index (χ4v) is 3.97. The van der Waals surface area contributed by atoms with Crippen LogP contribution in [0.15, 0.2) is 70.0 Å². The molecule has 2 amide bonds. The van der Waals surface area contributed by atoms with Crippen molar-refractivity contribution in [2.45, 2.75) is 6.54 Å². The number of hydrogen-bond donors (Lipinski definition) is 0. The number of nitrogens with zero attached hydrogens (tertiary/aromatic N) is 1. The normalized spacial score (nSPS) is 15.2. The monoisotopic (exact) mass is 438 g/mol. The van der Waals surface area contributed by atoms with Crippen molar-refractivity contribution in [3.8, 4) is 11.3 Å². The number of hydrogen-bond acceptors (Lipinski definition) is 6. The summed E-state index contributed by atoms with van der Waals surface area (Å²) < 4.78 is 5.72. The summed E-state index contributed by atoms with van der Waals surface area (Å²) in [6.45, 7) is 0.197. The van der Waals surface area contributed by atoms with E-state index < -0.39 is 11.9 Å². The van der Waals surface area contributed by atoms with Gasteiger partial charge in [-0.25, -0.2) is 0 Å². The maximum atomic E-state index is 12.6. The molecule has 2 heterocycles. The Balaban J connectivity index is 1.56. The van der Waals surface area contributed by atoms with Gasteiger partial charge in [-0.15, -0.1) is 0 Å². The zero-order valence-electron chi connectivity index (χ0n) is 15.3. The maximum absolute atomic E-state index is 12.6. The Morgan fingerprint density at radius 3 is 2.60 bits per heavy atom. The number of furan rings is 1. The number of carboxylic acids is 1. The number of thioether (sulfide) groups is 1. The largest absolute Gasteiger partial charge is 0.545 e. The first kappa shape index (κ1) is 20.0. The van der Waals surface area contributed by atoms with Crippen molar-refractivity contribution in [2.24, 2.45) is 0 Å². The molecule has 2 aromatic carbocycles. The van der Waals surface area contributed by atoms with Gasteiger partial charge in [0.15, 0.2) is 0 Å². The minimum Gasteiger partial charge on any atom is -0.545 e. The second-order valence-electron chi connectivity index (χ2n) is 6.44. The van der Waals surface area contributed by atoms with E-state index in [0.717, 1.165) is 17.3 Å². The molecular weight excluding hydrogens is 426 g/mol. The van der Waals surface area contributed by atoms with Crippen LogP contribution in [0.3, 0.4) is 0 Å². The Morgan fingerprint density at radius 1 is 1.10 bits per heavy atom. The first-order chi connectivity index (χ1) is 14.4. The van der Waals surface area contributed by atoms with Crippen LogP contribution in [0.4, 0.5) is 4.79 Å². The third-order valence-electron chi connectivity index (χ3n) is 4.43. The van der Waals surface area contributed by atoms with Gasteiger partial charge in [0, 0.05) is 22.2 Å². The molecule has 30 heavy (non-hydrogen) atoms. The lowest BCUT2D eigenvalue weighted by Crippen LogP contribution is -2.27. The Morgan fingerprint density at radius 2 is 1.87 bits per heavy atom. The van der Waals surface area contributed by atoms with E-state index in [2.05, 4.69) is 0 Å². The van der Waals surface area contributed by atoms with Crippen LogP contribution >= 0.6 is 23.4 Å². The van der Waals surface area contributed by atoms with Crippen molar-refractivity contribution in [2.75, 3.05) is 0 Å². The number of carbonyl (C=O) groups is 3. The lowest BCUT2D eigenvalue weighted by Gasteiger charge is -2.11. The molecule has 1 fully saturated rings. The Labute approximate surface area is 180 Å². The highest BCUT2D eigenvalue weighted by Gasteiger charge is 2.35. The van der Waals surface area contributed by atoms with Crippen molar-refractivity contribution in [1.82, 2.24) is 4.90 Å². The van der Waals surface area contributed by atoms with Gasteiger partial charge in [0.1, 0.15) is 11.5 Å². The predicted octanol–water partition coefficient (Wildman–Crippen LogP) is 4.20. The van der Waals surface area contributed by atoms with Gasteiger partial charge in [-0.05, 0) is 47.7 Å². The van der Waals surface area contributed by atoms with Gasteiger partial charge < -0.3 is 14.3 Å². The van der Waals surface area contributed by atoms with Gasteiger partial charge in [0.2, 0.25) is 0 Å². The molecule has 0 bridgehead atoms. The molecule has 0 aliphatic carbocycles. The van der Waals surface area contributed by atoms with E-state index in [1.54, 1.807) is 18.2 Å². The number of halogens is 1. The molecule has 8 heteroatoms. The molecular formula is C22H13ClNO5S-. The molecule has 0 N–H and O–H groups in total. The number of carboxylic acid groups (broad SMARTS) is 1. The maximum Gasteiger partial charge on any atom is 0.293 e. The van der Waals surface area contributed by atoms with Crippen molar-refractivity contribution in [3.63, 3.8) is 0 Å². The molecule has 1 aliphatic rings. The van der Waals surface area contributed by atoms with Crippen molar-refractivity contribution < 1.29 is 23.9 Å². The van der Waals surface area contributed by atoms with E-state index in [0.29, 0.717) is 17.1 Å². The van der Waals surface area contributed by atoms with E-state index >= 15 is 0 Å². The number of amides is 2. The molecule has 6 nitrogen and oxygen atoms in total. The highest BCUT2D eigenvalue weighted by Crippen LogP contribution is 2.34. The summed E-state index contributed by atoms with van der Waals surface area (Å²) in [7, 11) is 0. The van der Waals surface area contributed by atoms with Crippen molar-refractivity contribution >= 4 is 46.6 Å². The Hall–Kier alpha value is -3.29. The lowest BCUT2D eigenvalue weighted by atomic mass is 10.1. The quantitative estimate of drug-likeness (QED) is 0.554. The first-order valence-electron chi connectivity index (χ1n) is 8.83. The van der Waals surface area contributed by atoms with Gasteiger partial charge in [-0.2, -0.15) is 0 Å². The molecule has 1 aliphatic heterocycles. The molecule has 150 valence electrons. The highest BCUT2D eigenvalue weighted by molar-refractivity contribution is 8.18. The molecule has 1 saturated heterocycles. The van der Waals surface area contributed by atoms with Crippen molar-refractivity contribution in [1.29, 1.82) is 0 Å². The topological polar surface area (TPSA) is 90.6 Å². The number of carbonyl (C=O) groups excluding carboxylic acids is 3. The summed E-state index contributed by atoms with van der Waals surface area (Å²) in [6, 6.07) is 16.9. The van der Waals surface area contributed by atoms with Gasteiger partial charge >= 0.3 is 0 Å². The SMILES string of the molecule is O=C([O-])c1cc(-c2ccc(/C=C3\SC(=O)N(Cc4ccccc4)C3=O)o2)ccc1Cl. The Bertz CT molecular complexity index is 1190. The lowest BCUT2D eigenvalue weighted by molar-refractivity contribution is -0.255. The summed E-state index contributed by atoms with van der Waals surface area (Å²) in [5.41, 5.74) is 1.21. The smallest absolute Gasteiger partial charge is 0.293 e. The zero-order valence-corrected chi connectivity index (χ0v) is 16.9. The highest BCUT2D eigenvalue weighted by atomic mass is 35.5. The van der Waals surface area contributed by atoms with Gasteiger partial charge in [-0.3, -0.25) is 14.5 Å². The molecule has 0 atom stereocenters. The van der Waals surface area contributed by atoms with Crippen LogP contribution in [-0.2, 0) is 11.3 Å². The van der Waals surface area contributed by atoms with Crippen LogP contribution in [0.5, 0.6) is 0 Å². The molecule has 0 saturated carbocycles. The van der Waals surface area contributed by atoms with Crippen LogP contribution in [0.25, 0.3) is 17.4 Å². The first-order valence-corrected chi connectivity index (χ1v) is 10.0. The minimum absolute atomic E-state index is 0.0672. The molecule has 4 rings (SSSR count). The minimum atomic E-state index is -1.39. The third-order valence-corrected chi connectivity index (χ3v) is 5.67. The number of aromatic carboxylic acids is 1. The standard InChI is InChI=1S/C22H14ClNO5S/c23-17-8-6-14(10-16(17)21(26)27)18-9-7-15(29-18)11-19-20(25)24(22(28)30-19)12-13-4-2-1-3-5-13/h1-11H,12H2,(H,26,27)/p-1/b19-11-. The van der Waals surface area contributed by atoms with E-state index in [1.165, 1.54) is 23.1 Å². The molecule has 0 spiro atoms. The summed E-state index contributed by atoms with van der Waals surface area (Å²) in [6.07, 6.45) is 1.50. The average Bonchev–Trinajstić information content (AvgIpc) is 3.29. The van der Waals surface area contributed by atoms with Gasteiger partial charge in [0.05, 0.1) is 17.4 Å². The van der Waals surface area contributed by atoms with E-state index in [1.807, 2.05) is 30.3 Å². The van der Waals surface area contributed by atoms with Gasteiger partial charge in [-0.1, -0.05) is 41.9 Å². The number of benzene rings is 2. The van der Waals surface area contributed by atoms with Crippen LogP contribution < -0.4 is 5.11 Å². The van der Waals surface area contributed by atoms with Crippen molar-refractivity contribution in [3.05, 3.63) is 87.5 Å². The fourth-order valence-electron chi connectivity index (χ4n) is 2.95. The fraction of sp³-hybridized carbons (Fsp3) is 0.0455. The summed E-state index contributed by atoms with van der Waals surface area (Å²) in [5, 5.41) is 10.9. The van der Waals surface area contributed by atoms with E-state index in [9.17, 15) is 19.5 Å². The van der Waals surface area contributed by atoms with Crippen LogP contribution in [0.1, 0.15) is 21.7 Å². The summed E-state index contributed by atoms with van der Waals surface area (Å²) in [5.74, 6) is -1.03. The molecule has 3 aromatic rings. The predicted molar refractivity (Wildman–Crippen MR) is 111 cm³/mol. The molecule has 1 aromatic heterocycles. The van der Waals surface area contributed by atoms with Crippen LogP contribution in [0, 0.1) is 0 Å². The molecule has 0 unspecified atom stereocenters. The second-order valence-corrected chi connectivity index (χ2v) is 7.84. The second kappa shape index (κ2) is 8.22. The average molecular weight is 439 g/mol. The molecule has 0 radical (unpaired) electrons. The number of imide groups is 1. The van der Waals surface area contributed by atoms with E-state index in [4.69, 9.17) is 16.0 Å². The summed E-state index contributed by atoms with van der Waals surface area (Å²) in [4.78, 5) is 37.5. The van der Waals surface area contributed by atoms with Crippen LogP contribution in [-0.4, -0.2) is 22.0 Å². The summed E-state index contributed by atoms with van der Waals surface area (Å²) >= 11 is 6.71. The van der Waals surface area contributed by atoms with Gasteiger partial charge in [0.25, 0.3) is 11.1 Å². The zero-order chi connectivity index (χ0) is 21.3. The van der Waals surface area contributed by atoms with E-state index in [-0.39, 0.29) is 27.3 Å². The van der Waals surface area contributed by atoms with Crippen LogP contribution in [0.2, 0.25) is 5.02 Å². The number of rotatable bonds is 5. The Kier molecular flexibility index (Phi) is 5.48.